The zero-order valence-electron chi connectivity index (χ0n) is 9.19. The van der Waals surface area contributed by atoms with Crippen LogP contribution in [-0.2, 0) is 6.42 Å². The highest BCUT2D eigenvalue weighted by Gasteiger charge is 2.21. The fourth-order valence-corrected chi connectivity index (χ4v) is 2.50. The molecule has 1 aromatic heterocycles. The molecule has 1 heterocycles. The van der Waals surface area contributed by atoms with Crippen molar-refractivity contribution in [1.82, 2.24) is 0 Å². The van der Waals surface area contributed by atoms with Crippen molar-refractivity contribution in [2.24, 2.45) is 5.92 Å². The molecule has 1 aromatic rings. The summed E-state index contributed by atoms with van der Waals surface area (Å²) in [5.74, 6) is 1.53. The molecule has 1 unspecified atom stereocenters. The lowest BCUT2D eigenvalue weighted by Crippen LogP contribution is -2.23. The molecular formula is C13H20O2. The largest absolute Gasteiger partial charge is 0.469 e. The molecule has 2 rings (SSSR count). The van der Waals surface area contributed by atoms with Crippen LogP contribution in [0.15, 0.2) is 22.8 Å². The summed E-state index contributed by atoms with van der Waals surface area (Å²) >= 11 is 0. The highest BCUT2D eigenvalue weighted by molar-refractivity contribution is 4.98. The third kappa shape index (κ3) is 3.10. The van der Waals surface area contributed by atoms with Gasteiger partial charge in [0, 0.05) is 6.42 Å². The number of aliphatic hydroxyl groups is 1. The number of aliphatic hydroxyl groups excluding tert-OH is 1. The van der Waals surface area contributed by atoms with Gasteiger partial charge in [0.25, 0.3) is 0 Å². The summed E-state index contributed by atoms with van der Waals surface area (Å²) in [5, 5.41) is 10.0. The van der Waals surface area contributed by atoms with Gasteiger partial charge >= 0.3 is 0 Å². The molecule has 0 aromatic carbocycles. The SMILES string of the molecule is OC(CCc1ccco1)C1CCCCC1. The highest BCUT2D eigenvalue weighted by atomic mass is 16.3. The van der Waals surface area contributed by atoms with E-state index in [1.807, 2.05) is 12.1 Å². The Labute approximate surface area is 91.3 Å². The van der Waals surface area contributed by atoms with Gasteiger partial charge < -0.3 is 9.52 Å². The van der Waals surface area contributed by atoms with Crippen LogP contribution in [0.4, 0.5) is 0 Å². The van der Waals surface area contributed by atoms with Crippen molar-refractivity contribution in [2.75, 3.05) is 0 Å². The van der Waals surface area contributed by atoms with Crippen molar-refractivity contribution in [3.8, 4) is 0 Å². The van der Waals surface area contributed by atoms with Crippen molar-refractivity contribution in [2.45, 2.75) is 51.0 Å². The van der Waals surface area contributed by atoms with Crippen molar-refractivity contribution < 1.29 is 9.52 Å². The quantitative estimate of drug-likeness (QED) is 0.824. The van der Waals surface area contributed by atoms with Crippen LogP contribution >= 0.6 is 0 Å². The van der Waals surface area contributed by atoms with E-state index in [-0.39, 0.29) is 6.10 Å². The average Bonchev–Trinajstić information content (AvgIpc) is 2.80. The first kappa shape index (κ1) is 10.7. The van der Waals surface area contributed by atoms with E-state index in [0.717, 1.165) is 18.6 Å². The Balaban J connectivity index is 1.74. The fraction of sp³-hybridized carbons (Fsp3) is 0.692. The van der Waals surface area contributed by atoms with Crippen LogP contribution in [0, 0.1) is 5.92 Å². The molecule has 0 amide bonds. The summed E-state index contributed by atoms with van der Waals surface area (Å²) in [4.78, 5) is 0. The topological polar surface area (TPSA) is 33.4 Å². The first-order valence-electron chi connectivity index (χ1n) is 6.06. The zero-order valence-corrected chi connectivity index (χ0v) is 9.19. The van der Waals surface area contributed by atoms with Gasteiger partial charge in [-0.2, -0.15) is 0 Å². The fourth-order valence-electron chi connectivity index (χ4n) is 2.50. The number of hydrogen-bond donors (Lipinski definition) is 1. The van der Waals surface area contributed by atoms with E-state index in [2.05, 4.69) is 0 Å². The predicted octanol–water partition coefficient (Wildman–Crippen LogP) is 3.15. The molecule has 2 nitrogen and oxygen atoms in total. The van der Waals surface area contributed by atoms with E-state index in [9.17, 15) is 5.11 Å². The van der Waals surface area contributed by atoms with Gasteiger partial charge in [-0.05, 0) is 37.3 Å². The monoisotopic (exact) mass is 208 g/mol. The van der Waals surface area contributed by atoms with Crippen LogP contribution in [0.5, 0.6) is 0 Å². The van der Waals surface area contributed by atoms with E-state index in [4.69, 9.17) is 4.42 Å². The van der Waals surface area contributed by atoms with E-state index in [0.29, 0.717) is 5.92 Å². The smallest absolute Gasteiger partial charge is 0.103 e. The van der Waals surface area contributed by atoms with E-state index >= 15 is 0 Å². The maximum Gasteiger partial charge on any atom is 0.103 e. The number of furan rings is 1. The highest BCUT2D eigenvalue weighted by Crippen LogP contribution is 2.28. The molecule has 0 radical (unpaired) electrons. The second-order valence-corrected chi connectivity index (χ2v) is 4.58. The molecule has 1 aliphatic rings. The Morgan fingerprint density at radius 2 is 2.13 bits per heavy atom. The first-order chi connectivity index (χ1) is 7.36. The van der Waals surface area contributed by atoms with Crippen LogP contribution in [0.2, 0.25) is 0 Å². The third-order valence-corrected chi connectivity index (χ3v) is 3.46. The summed E-state index contributed by atoms with van der Waals surface area (Å²) < 4.78 is 5.26. The molecule has 0 spiro atoms. The van der Waals surface area contributed by atoms with Crippen LogP contribution < -0.4 is 0 Å². The van der Waals surface area contributed by atoms with E-state index in [1.165, 1.54) is 32.1 Å². The maximum atomic E-state index is 10.0. The predicted molar refractivity (Wildman–Crippen MR) is 59.6 cm³/mol. The minimum Gasteiger partial charge on any atom is -0.469 e. The van der Waals surface area contributed by atoms with Gasteiger partial charge in [-0.1, -0.05) is 19.3 Å². The lowest BCUT2D eigenvalue weighted by atomic mass is 9.84. The summed E-state index contributed by atoms with van der Waals surface area (Å²) in [6, 6.07) is 3.88. The molecule has 0 bridgehead atoms. The molecular weight excluding hydrogens is 188 g/mol. The molecule has 2 heteroatoms. The summed E-state index contributed by atoms with van der Waals surface area (Å²) in [6.45, 7) is 0. The van der Waals surface area contributed by atoms with E-state index < -0.39 is 0 Å². The van der Waals surface area contributed by atoms with Crippen LogP contribution in [0.1, 0.15) is 44.3 Å². The summed E-state index contributed by atoms with van der Waals surface area (Å²) in [7, 11) is 0. The summed E-state index contributed by atoms with van der Waals surface area (Å²) in [5.41, 5.74) is 0. The van der Waals surface area contributed by atoms with Crippen LogP contribution in [0.25, 0.3) is 0 Å². The Hall–Kier alpha value is -0.760. The first-order valence-corrected chi connectivity index (χ1v) is 6.06. The van der Waals surface area contributed by atoms with Crippen molar-refractivity contribution in [1.29, 1.82) is 0 Å². The number of aryl methyl sites for hydroxylation is 1. The Kier molecular flexibility index (Phi) is 3.84. The molecule has 84 valence electrons. The van der Waals surface area contributed by atoms with Gasteiger partial charge in [0.1, 0.15) is 5.76 Å². The summed E-state index contributed by atoms with van der Waals surface area (Å²) in [6.07, 6.45) is 9.63. The molecule has 1 saturated carbocycles. The van der Waals surface area contributed by atoms with Gasteiger partial charge in [0.2, 0.25) is 0 Å². The average molecular weight is 208 g/mol. The lowest BCUT2D eigenvalue weighted by Gasteiger charge is -2.26. The normalized spacial score (nSPS) is 20.3. The molecule has 1 N–H and O–H groups in total. The van der Waals surface area contributed by atoms with Gasteiger partial charge in [0.15, 0.2) is 0 Å². The second kappa shape index (κ2) is 5.36. The second-order valence-electron chi connectivity index (χ2n) is 4.58. The Morgan fingerprint density at radius 1 is 1.33 bits per heavy atom. The van der Waals surface area contributed by atoms with Crippen molar-refractivity contribution in [3.05, 3.63) is 24.2 Å². The van der Waals surface area contributed by atoms with Gasteiger partial charge in [-0.25, -0.2) is 0 Å². The molecule has 0 saturated heterocycles. The van der Waals surface area contributed by atoms with E-state index in [1.54, 1.807) is 6.26 Å². The number of rotatable bonds is 4. The minimum absolute atomic E-state index is 0.129. The van der Waals surface area contributed by atoms with Gasteiger partial charge in [0.05, 0.1) is 12.4 Å². The van der Waals surface area contributed by atoms with Crippen LogP contribution in [0.3, 0.4) is 0 Å². The lowest BCUT2D eigenvalue weighted by molar-refractivity contribution is 0.0763. The maximum absolute atomic E-state index is 10.0. The van der Waals surface area contributed by atoms with Crippen molar-refractivity contribution >= 4 is 0 Å². The molecule has 1 atom stereocenters. The molecule has 0 aliphatic heterocycles. The van der Waals surface area contributed by atoms with Crippen molar-refractivity contribution in [3.63, 3.8) is 0 Å². The number of hydrogen-bond acceptors (Lipinski definition) is 2. The Bertz CT molecular complexity index is 260. The van der Waals surface area contributed by atoms with Gasteiger partial charge in [-0.15, -0.1) is 0 Å². The zero-order chi connectivity index (χ0) is 10.5. The minimum atomic E-state index is -0.129. The molecule has 1 aliphatic carbocycles. The standard InChI is InChI=1S/C13H20O2/c14-13(11-5-2-1-3-6-11)9-8-12-7-4-10-15-12/h4,7,10-11,13-14H,1-3,5-6,8-9H2. The molecule has 1 fully saturated rings. The van der Waals surface area contributed by atoms with Gasteiger partial charge in [-0.3, -0.25) is 0 Å². The van der Waals surface area contributed by atoms with Crippen LogP contribution in [-0.4, -0.2) is 11.2 Å². The third-order valence-electron chi connectivity index (χ3n) is 3.46. The molecule has 15 heavy (non-hydrogen) atoms. The Morgan fingerprint density at radius 3 is 2.80 bits per heavy atom.